The normalized spacial score (nSPS) is 18.1. The van der Waals surface area contributed by atoms with Gasteiger partial charge in [0.1, 0.15) is 5.60 Å². The van der Waals surface area contributed by atoms with Gasteiger partial charge in [-0.15, -0.1) is 11.3 Å². The maximum Gasteiger partial charge on any atom is 0.244 e. The highest BCUT2D eigenvalue weighted by Crippen LogP contribution is 2.35. The number of nitrogens with one attached hydrogen (secondary N) is 1. The minimum atomic E-state index is -1.09. The molecule has 1 atom stereocenters. The molecule has 2 N–H and O–H groups in total. The van der Waals surface area contributed by atoms with Crippen molar-refractivity contribution in [3.63, 3.8) is 0 Å². The van der Waals surface area contributed by atoms with Crippen LogP contribution in [0.15, 0.2) is 53.9 Å². The average Bonchev–Trinajstić information content (AvgIpc) is 3.19. The first-order chi connectivity index (χ1) is 12.2. The molecule has 0 unspecified atom stereocenters. The van der Waals surface area contributed by atoms with Gasteiger partial charge in [0.25, 0.3) is 0 Å². The lowest BCUT2D eigenvalue weighted by atomic mass is 9.77. The molecule has 25 heavy (non-hydrogen) atoms. The first kappa shape index (κ1) is 17.9. The molecule has 4 nitrogen and oxygen atoms in total. The number of carbonyl (C=O) groups is 1. The largest absolute Gasteiger partial charge is 0.383 e. The number of hydrogen-bond acceptors (Lipinski definition) is 4. The lowest BCUT2D eigenvalue weighted by molar-refractivity contribution is -0.119. The molecule has 0 saturated carbocycles. The Labute approximate surface area is 152 Å². The van der Waals surface area contributed by atoms with E-state index in [-0.39, 0.29) is 18.4 Å². The highest BCUT2D eigenvalue weighted by Gasteiger charge is 2.39. The number of hydrogen-bond donors (Lipinski definition) is 2. The molecule has 3 rings (SSSR count). The summed E-state index contributed by atoms with van der Waals surface area (Å²) in [7, 11) is 0. The van der Waals surface area contributed by atoms with Crippen LogP contribution in [-0.4, -0.2) is 30.8 Å². The van der Waals surface area contributed by atoms with Crippen LogP contribution in [0.5, 0.6) is 0 Å². The highest BCUT2D eigenvalue weighted by atomic mass is 32.1. The van der Waals surface area contributed by atoms with E-state index in [2.05, 4.69) is 5.32 Å². The van der Waals surface area contributed by atoms with Gasteiger partial charge in [-0.3, -0.25) is 4.79 Å². The number of amides is 1. The quantitative estimate of drug-likeness (QED) is 0.781. The number of aliphatic hydroxyl groups is 1. The molecule has 1 amide bonds. The van der Waals surface area contributed by atoms with Gasteiger partial charge in [0.05, 0.1) is 6.54 Å². The van der Waals surface area contributed by atoms with Gasteiger partial charge in [-0.1, -0.05) is 36.4 Å². The summed E-state index contributed by atoms with van der Waals surface area (Å²) < 4.78 is 5.43. The van der Waals surface area contributed by atoms with Crippen LogP contribution >= 0.6 is 11.3 Å². The van der Waals surface area contributed by atoms with Crippen LogP contribution in [0.25, 0.3) is 6.08 Å². The Hall–Kier alpha value is -1.95. The van der Waals surface area contributed by atoms with Gasteiger partial charge in [0.15, 0.2) is 0 Å². The topological polar surface area (TPSA) is 58.6 Å². The predicted octanol–water partition coefficient (Wildman–Crippen LogP) is 3.19. The van der Waals surface area contributed by atoms with Gasteiger partial charge in [0, 0.05) is 24.2 Å². The van der Waals surface area contributed by atoms with Crippen molar-refractivity contribution in [1.82, 2.24) is 5.32 Å². The van der Waals surface area contributed by atoms with Crippen molar-refractivity contribution < 1.29 is 14.6 Å². The summed E-state index contributed by atoms with van der Waals surface area (Å²) in [6.45, 7) is 1.48. The van der Waals surface area contributed by atoms with E-state index in [1.807, 2.05) is 47.8 Å². The minimum absolute atomic E-state index is 0.0604. The molecule has 0 aliphatic carbocycles. The van der Waals surface area contributed by atoms with Crippen LogP contribution in [-0.2, 0) is 15.1 Å². The molecule has 1 aromatic carbocycles. The molecule has 1 aromatic heterocycles. The van der Waals surface area contributed by atoms with E-state index in [1.54, 1.807) is 17.4 Å². The maximum atomic E-state index is 12.2. The molecule has 1 fully saturated rings. The van der Waals surface area contributed by atoms with Crippen LogP contribution in [0.4, 0.5) is 0 Å². The third kappa shape index (κ3) is 4.57. The Morgan fingerprint density at radius 3 is 2.68 bits per heavy atom. The second-order valence-electron chi connectivity index (χ2n) is 6.24. The summed E-state index contributed by atoms with van der Waals surface area (Å²) in [5.41, 5.74) is -0.248. The zero-order valence-electron chi connectivity index (χ0n) is 14.1. The van der Waals surface area contributed by atoms with Crippen molar-refractivity contribution in [2.75, 3.05) is 19.8 Å². The maximum absolute atomic E-state index is 12.2. The van der Waals surface area contributed by atoms with E-state index in [9.17, 15) is 9.90 Å². The Morgan fingerprint density at radius 1 is 1.24 bits per heavy atom. The first-order valence-corrected chi connectivity index (χ1v) is 9.41. The fourth-order valence-electron chi connectivity index (χ4n) is 3.21. The summed E-state index contributed by atoms with van der Waals surface area (Å²) in [6.07, 6.45) is 4.87. The van der Waals surface area contributed by atoms with Crippen LogP contribution in [0.1, 0.15) is 23.3 Å². The average molecular weight is 357 g/mol. The van der Waals surface area contributed by atoms with Crippen molar-refractivity contribution in [2.45, 2.75) is 18.4 Å². The van der Waals surface area contributed by atoms with E-state index in [4.69, 9.17) is 4.74 Å². The SMILES string of the molecule is O=C(/C=C/c1cccs1)NC[C@@](O)(c1ccccc1)C1CCOCC1. The summed E-state index contributed by atoms with van der Waals surface area (Å²) >= 11 is 1.58. The van der Waals surface area contributed by atoms with Crippen molar-refractivity contribution in [3.8, 4) is 0 Å². The monoisotopic (exact) mass is 357 g/mol. The summed E-state index contributed by atoms with van der Waals surface area (Å²) in [5, 5.41) is 16.3. The fourth-order valence-corrected chi connectivity index (χ4v) is 3.83. The Morgan fingerprint density at radius 2 is 2.00 bits per heavy atom. The fraction of sp³-hybridized carbons (Fsp3) is 0.350. The molecule has 1 aliphatic heterocycles. The number of thiophene rings is 1. The predicted molar refractivity (Wildman–Crippen MR) is 100 cm³/mol. The highest BCUT2D eigenvalue weighted by molar-refractivity contribution is 7.10. The van der Waals surface area contributed by atoms with Gasteiger partial charge >= 0.3 is 0 Å². The zero-order chi connectivity index (χ0) is 17.5. The smallest absolute Gasteiger partial charge is 0.244 e. The second-order valence-corrected chi connectivity index (χ2v) is 7.22. The minimum Gasteiger partial charge on any atom is -0.383 e. The number of benzene rings is 1. The van der Waals surface area contributed by atoms with E-state index in [0.717, 1.165) is 23.3 Å². The number of carbonyl (C=O) groups excluding carboxylic acids is 1. The summed E-state index contributed by atoms with van der Waals surface area (Å²) in [6, 6.07) is 13.5. The zero-order valence-corrected chi connectivity index (χ0v) is 14.9. The van der Waals surface area contributed by atoms with Crippen molar-refractivity contribution in [2.24, 2.45) is 5.92 Å². The second kappa shape index (κ2) is 8.43. The lowest BCUT2D eigenvalue weighted by Crippen LogP contribution is -2.47. The van der Waals surface area contributed by atoms with Gasteiger partial charge in [-0.05, 0) is 41.8 Å². The van der Waals surface area contributed by atoms with Crippen LogP contribution in [0.2, 0.25) is 0 Å². The van der Waals surface area contributed by atoms with Crippen molar-refractivity contribution >= 4 is 23.3 Å². The Bertz CT molecular complexity index is 693. The standard InChI is InChI=1S/C20H23NO3S/c22-19(9-8-18-7-4-14-25-18)21-15-20(23,16-5-2-1-3-6-16)17-10-12-24-13-11-17/h1-9,14,17,23H,10-13,15H2,(H,21,22)/b9-8+/t20-/m1/s1. The van der Waals surface area contributed by atoms with Crippen LogP contribution in [0, 0.1) is 5.92 Å². The molecular weight excluding hydrogens is 334 g/mol. The Kier molecular flexibility index (Phi) is 6.02. The first-order valence-electron chi connectivity index (χ1n) is 8.53. The van der Waals surface area contributed by atoms with Crippen molar-refractivity contribution in [1.29, 1.82) is 0 Å². The van der Waals surface area contributed by atoms with Crippen molar-refractivity contribution in [3.05, 3.63) is 64.4 Å². The lowest BCUT2D eigenvalue weighted by Gasteiger charge is -2.39. The summed E-state index contributed by atoms with van der Waals surface area (Å²) in [4.78, 5) is 13.2. The van der Waals surface area contributed by atoms with E-state index in [1.165, 1.54) is 6.08 Å². The van der Waals surface area contributed by atoms with E-state index < -0.39 is 5.60 Å². The summed E-state index contributed by atoms with van der Waals surface area (Å²) in [5.74, 6) is -0.139. The molecule has 2 aromatic rings. The third-order valence-electron chi connectivity index (χ3n) is 4.64. The van der Waals surface area contributed by atoms with Crippen LogP contribution < -0.4 is 5.32 Å². The van der Waals surface area contributed by atoms with Gasteiger partial charge in [-0.2, -0.15) is 0 Å². The molecule has 1 saturated heterocycles. The molecule has 0 spiro atoms. The third-order valence-corrected chi connectivity index (χ3v) is 5.48. The van der Waals surface area contributed by atoms with Crippen LogP contribution in [0.3, 0.4) is 0 Å². The van der Waals surface area contributed by atoms with E-state index >= 15 is 0 Å². The number of rotatable bonds is 6. The molecule has 5 heteroatoms. The molecule has 132 valence electrons. The van der Waals surface area contributed by atoms with Gasteiger partial charge in [0.2, 0.25) is 5.91 Å². The molecule has 2 heterocycles. The van der Waals surface area contributed by atoms with Gasteiger partial charge in [-0.25, -0.2) is 0 Å². The molecule has 0 radical (unpaired) electrons. The Balaban J connectivity index is 1.70. The number of ether oxygens (including phenoxy) is 1. The molecular formula is C20H23NO3S. The van der Waals surface area contributed by atoms with E-state index in [0.29, 0.717) is 13.2 Å². The molecule has 0 bridgehead atoms. The molecule has 1 aliphatic rings. The van der Waals surface area contributed by atoms with Gasteiger partial charge < -0.3 is 15.2 Å².